The summed E-state index contributed by atoms with van der Waals surface area (Å²) in [6.45, 7) is 1.95. The Hall–Kier alpha value is -2.73. The first-order chi connectivity index (χ1) is 12.6. The number of carbonyl (C=O) groups is 1. The highest BCUT2D eigenvalue weighted by molar-refractivity contribution is 5.73. The number of ether oxygens (including phenoxy) is 1. The average molecular weight is 355 g/mol. The van der Waals surface area contributed by atoms with Gasteiger partial charge in [-0.1, -0.05) is 30.3 Å². The van der Waals surface area contributed by atoms with Gasteiger partial charge in [-0.2, -0.15) is 0 Å². The molecule has 0 bridgehead atoms. The highest BCUT2D eigenvalue weighted by atomic mass is 16.5. The normalized spacial score (nSPS) is 13.8. The van der Waals surface area contributed by atoms with E-state index in [1.54, 1.807) is 0 Å². The van der Waals surface area contributed by atoms with Crippen molar-refractivity contribution in [2.45, 2.75) is 12.5 Å². The molecule has 2 aromatic rings. The quantitative estimate of drug-likeness (QED) is 0.665. The number of urea groups is 1. The SMILES string of the molecule is CN1CCc2cc(C(O)CNC(=O)NCCOc3ccccc3)ccc21. The Morgan fingerprint density at radius 3 is 2.85 bits per heavy atom. The van der Waals surface area contributed by atoms with E-state index >= 15 is 0 Å². The molecule has 1 aliphatic rings. The lowest BCUT2D eigenvalue weighted by Crippen LogP contribution is -2.39. The van der Waals surface area contributed by atoms with Crippen LogP contribution in [-0.4, -0.2) is 44.4 Å². The molecule has 0 spiro atoms. The molecule has 1 unspecified atom stereocenters. The van der Waals surface area contributed by atoms with Gasteiger partial charge in [-0.3, -0.25) is 0 Å². The van der Waals surface area contributed by atoms with Gasteiger partial charge in [0.15, 0.2) is 0 Å². The standard InChI is InChI=1S/C20H25N3O3/c1-23-11-9-15-13-16(7-8-18(15)23)19(24)14-22-20(25)21-10-12-26-17-5-3-2-4-6-17/h2-8,13,19,24H,9-12,14H2,1H3,(H2,21,22,25). The molecular formula is C20H25N3O3. The summed E-state index contributed by atoms with van der Waals surface area (Å²) in [4.78, 5) is 14.0. The topological polar surface area (TPSA) is 73.8 Å². The van der Waals surface area contributed by atoms with Gasteiger partial charge in [-0.05, 0) is 35.7 Å². The van der Waals surface area contributed by atoms with Crippen LogP contribution in [-0.2, 0) is 6.42 Å². The second-order valence-electron chi connectivity index (χ2n) is 6.37. The molecule has 2 aromatic carbocycles. The molecular weight excluding hydrogens is 330 g/mol. The maximum absolute atomic E-state index is 11.8. The summed E-state index contributed by atoms with van der Waals surface area (Å²) in [5.74, 6) is 0.771. The summed E-state index contributed by atoms with van der Waals surface area (Å²) in [6, 6.07) is 15.1. The highest BCUT2D eigenvalue weighted by Gasteiger charge is 2.18. The van der Waals surface area contributed by atoms with Crippen LogP contribution in [0.25, 0.3) is 0 Å². The third kappa shape index (κ3) is 4.67. The fraction of sp³-hybridized carbons (Fsp3) is 0.350. The van der Waals surface area contributed by atoms with Crippen LogP contribution in [0.15, 0.2) is 48.5 Å². The fourth-order valence-electron chi connectivity index (χ4n) is 3.01. The fourth-order valence-corrected chi connectivity index (χ4v) is 3.01. The molecule has 138 valence electrons. The highest BCUT2D eigenvalue weighted by Crippen LogP contribution is 2.29. The van der Waals surface area contributed by atoms with Crippen LogP contribution in [0, 0.1) is 0 Å². The first-order valence-electron chi connectivity index (χ1n) is 8.85. The van der Waals surface area contributed by atoms with E-state index in [9.17, 15) is 9.90 Å². The molecule has 0 radical (unpaired) electrons. The zero-order chi connectivity index (χ0) is 18.4. The number of benzene rings is 2. The summed E-state index contributed by atoms with van der Waals surface area (Å²) >= 11 is 0. The van der Waals surface area contributed by atoms with Crippen LogP contribution in [0.3, 0.4) is 0 Å². The number of para-hydroxylation sites is 1. The van der Waals surface area contributed by atoms with Crippen molar-refractivity contribution in [3.05, 3.63) is 59.7 Å². The van der Waals surface area contributed by atoms with Crippen molar-refractivity contribution in [1.29, 1.82) is 0 Å². The minimum Gasteiger partial charge on any atom is -0.492 e. The number of likely N-dealkylation sites (N-methyl/N-ethyl adjacent to an activating group) is 1. The van der Waals surface area contributed by atoms with Crippen molar-refractivity contribution in [3.8, 4) is 5.75 Å². The van der Waals surface area contributed by atoms with E-state index in [0.29, 0.717) is 13.2 Å². The summed E-state index contributed by atoms with van der Waals surface area (Å²) in [6.07, 6.45) is 0.263. The molecule has 0 aromatic heterocycles. The van der Waals surface area contributed by atoms with Gasteiger partial charge < -0.3 is 25.4 Å². The predicted octanol–water partition coefficient (Wildman–Crippen LogP) is 2.09. The molecule has 26 heavy (non-hydrogen) atoms. The van der Waals surface area contributed by atoms with E-state index in [2.05, 4.69) is 22.6 Å². The number of hydrogen-bond acceptors (Lipinski definition) is 4. The van der Waals surface area contributed by atoms with Gasteiger partial charge in [-0.25, -0.2) is 4.79 Å². The first kappa shape index (κ1) is 18.1. The number of aliphatic hydroxyl groups is 1. The van der Waals surface area contributed by atoms with Gasteiger partial charge in [0, 0.05) is 25.8 Å². The van der Waals surface area contributed by atoms with E-state index in [-0.39, 0.29) is 12.6 Å². The molecule has 2 amide bonds. The molecule has 0 aliphatic carbocycles. The van der Waals surface area contributed by atoms with Crippen molar-refractivity contribution >= 4 is 11.7 Å². The van der Waals surface area contributed by atoms with Gasteiger partial charge in [-0.15, -0.1) is 0 Å². The number of rotatable bonds is 7. The lowest BCUT2D eigenvalue weighted by atomic mass is 10.0. The molecule has 3 rings (SSSR count). The van der Waals surface area contributed by atoms with Crippen molar-refractivity contribution in [1.82, 2.24) is 10.6 Å². The molecule has 1 aliphatic heterocycles. The number of hydrogen-bond donors (Lipinski definition) is 3. The lowest BCUT2D eigenvalue weighted by Gasteiger charge is -2.16. The van der Waals surface area contributed by atoms with Crippen molar-refractivity contribution < 1.29 is 14.6 Å². The second-order valence-corrected chi connectivity index (χ2v) is 6.37. The Labute approximate surface area is 153 Å². The molecule has 0 fully saturated rings. The zero-order valence-electron chi connectivity index (χ0n) is 14.9. The zero-order valence-corrected chi connectivity index (χ0v) is 14.9. The largest absolute Gasteiger partial charge is 0.492 e. The monoisotopic (exact) mass is 355 g/mol. The van der Waals surface area contributed by atoms with Crippen LogP contribution in [0.4, 0.5) is 10.5 Å². The van der Waals surface area contributed by atoms with E-state index in [4.69, 9.17) is 4.74 Å². The summed E-state index contributed by atoms with van der Waals surface area (Å²) in [5, 5.41) is 15.7. The summed E-state index contributed by atoms with van der Waals surface area (Å²) < 4.78 is 5.51. The van der Waals surface area contributed by atoms with E-state index in [1.807, 2.05) is 48.5 Å². The second kappa shape index (κ2) is 8.58. The van der Waals surface area contributed by atoms with Gasteiger partial charge in [0.1, 0.15) is 12.4 Å². The summed E-state index contributed by atoms with van der Waals surface area (Å²) in [7, 11) is 2.06. The van der Waals surface area contributed by atoms with Gasteiger partial charge in [0.25, 0.3) is 0 Å². The van der Waals surface area contributed by atoms with E-state index in [1.165, 1.54) is 11.3 Å². The van der Waals surface area contributed by atoms with Crippen LogP contribution in [0.1, 0.15) is 17.2 Å². The predicted molar refractivity (Wildman–Crippen MR) is 102 cm³/mol. The molecule has 1 atom stereocenters. The van der Waals surface area contributed by atoms with Crippen LogP contribution >= 0.6 is 0 Å². The van der Waals surface area contributed by atoms with Crippen molar-refractivity contribution in [3.63, 3.8) is 0 Å². The Morgan fingerprint density at radius 1 is 1.23 bits per heavy atom. The molecule has 6 heteroatoms. The molecule has 0 saturated heterocycles. The lowest BCUT2D eigenvalue weighted by molar-refractivity contribution is 0.172. The number of carbonyl (C=O) groups excluding carboxylic acids is 1. The van der Waals surface area contributed by atoms with Crippen molar-refractivity contribution in [2.75, 3.05) is 38.2 Å². The molecule has 0 saturated carbocycles. The van der Waals surface area contributed by atoms with Gasteiger partial charge in [0.2, 0.25) is 0 Å². The van der Waals surface area contributed by atoms with Crippen molar-refractivity contribution in [2.24, 2.45) is 0 Å². The smallest absolute Gasteiger partial charge is 0.315 e. The Balaban J connectivity index is 1.37. The third-order valence-corrected chi connectivity index (χ3v) is 4.47. The number of amides is 2. The van der Waals surface area contributed by atoms with Gasteiger partial charge >= 0.3 is 6.03 Å². The van der Waals surface area contributed by atoms with E-state index in [0.717, 1.165) is 24.3 Å². The van der Waals surface area contributed by atoms with Gasteiger partial charge in [0.05, 0.1) is 12.6 Å². The number of nitrogens with one attached hydrogen (secondary N) is 2. The van der Waals surface area contributed by atoms with Crippen LogP contribution in [0.2, 0.25) is 0 Å². The first-order valence-corrected chi connectivity index (χ1v) is 8.85. The Kier molecular flexibility index (Phi) is 5.96. The number of fused-ring (bicyclic) bond motifs is 1. The number of anilines is 1. The summed E-state index contributed by atoms with van der Waals surface area (Å²) in [5.41, 5.74) is 3.28. The minimum absolute atomic E-state index is 0.167. The molecule has 6 nitrogen and oxygen atoms in total. The van der Waals surface area contributed by atoms with Crippen LogP contribution in [0.5, 0.6) is 5.75 Å². The maximum Gasteiger partial charge on any atom is 0.315 e. The average Bonchev–Trinajstić information content (AvgIpc) is 3.04. The number of aliphatic hydroxyl groups excluding tert-OH is 1. The maximum atomic E-state index is 11.8. The molecule has 3 N–H and O–H groups in total. The minimum atomic E-state index is -0.725. The van der Waals surface area contributed by atoms with E-state index < -0.39 is 6.10 Å². The number of nitrogens with zero attached hydrogens (tertiary/aromatic N) is 1. The third-order valence-electron chi connectivity index (χ3n) is 4.47. The Morgan fingerprint density at radius 2 is 2.04 bits per heavy atom. The molecule has 1 heterocycles. The van der Waals surface area contributed by atoms with Crippen LogP contribution < -0.4 is 20.3 Å². The Bertz CT molecular complexity index is 736.